The Morgan fingerprint density at radius 3 is 2.67 bits per heavy atom. The summed E-state index contributed by atoms with van der Waals surface area (Å²) in [6.45, 7) is 1.69. The van der Waals surface area contributed by atoms with E-state index in [2.05, 4.69) is 10.3 Å². The molecule has 1 aromatic heterocycles. The van der Waals surface area contributed by atoms with Crippen LogP contribution in [0.15, 0.2) is 36.5 Å². The average Bonchev–Trinajstić information content (AvgIpc) is 2.48. The van der Waals surface area contributed by atoms with E-state index in [1.807, 2.05) is 0 Å². The summed E-state index contributed by atoms with van der Waals surface area (Å²) in [4.78, 5) is 15.8. The highest BCUT2D eigenvalue weighted by atomic mass is 19.2. The number of nitrogens with zero attached hydrogens (tertiary/aromatic N) is 1. The van der Waals surface area contributed by atoms with Crippen molar-refractivity contribution in [3.05, 3.63) is 65.0 Å². The Labute approximate surface area is 120 Å². The van der Waals surface area contributed by atoms with E-state index < -0.39 is 23.6 Å². The van der Waals surface area contributed by atoms with Gasteiger partial charge in [-0.1, -0.05) is 6.07 Å². The maximum absolute atomic E-state index is 13.1. The Balaban J connectivity index is 1.97. The Hall–Kier alpha value is -2.34. The second-order valence-electron chi connectivity index (χ2n) is 4.59. The summed E-state index contributed by atoms with van der Waals surface area (Å²) in [5, 5.41) is 12.4. The molecule has 0 radical (unpaired) electrons. The second-order valence-corrected chi connectivity index (χ2v) is 4.59. The van der Waals surface area contributed by atoms with E-state index in [0.717, 1.165) is 17.8 Å². The predicted octanol–water partition coefficient (Wildman–Crippen LogP) is 2.13. The molecule has 0 aliphatic heterocycles. The number of aliphatic hydroxyl groups excluding tert-OH is 1. The third-order valence-electron chi connectivity index (χ3n) is 2.96. The zero-order chi connectivity index (χ0) is 15.4. The number of amides is 1. The molecule has 2 N–H and O–H groups in total. The third-order valence-corrected chi connectivity index (χ3v) is 2.96. The second kappa shape index (κ2) is 6.41. The highest BCUT2D eigenvalue weighted by Crippen LogP contribution is 2.15. The molecule has 1 atom stereocenters. The number of nitrogens with one attached hydrogen (secondary N) is 1. The van der Waals surface area contributed by atoms with Crippen molar-refractivity contribution in [3.63, 3.8) is 0 Å². The lowest BCUT2D eigenvalue weighted by Crippen LogP contribution is -2.28. The van der Waals surface area contributed by atoms with E-state index in [1.54, 1.807) is 19.1 Å². The van der Waals surface area contributed by atoms with Crippen molar-refractivity contribution in [1.29, 1.82) is 0 Å². The SMILES string of the molecule is Cc1ccc(C(=O)NC[C@H](O)c2ccc(F)c(F)c2)cn1. The van der Waals surface area contributed by atoms with Crippen LogP contribution < -0.4 is 5.32 Å². The van der Waals surface area contributed by atoms with Crippen LogP contribution in [-0.4, -0.2) is 22.5 Å². The average molecular weight is 292 g/mol. The predicted molar refractivity (Wildman–Crippen MR) is 72.6 cm³/mol. The van der Waals surface area contributed by atoms with Crippen molar-refractivity contribution in [1.82, 2.24) is 10.3 Å². The van der Waals surface area contributed by atoms with Gasteiger partial charge in [0.15, 0.2) is 11.6 Å². The maximum Gasteiger partial charge on any atom is 0.252 e. The number of pyridine rings is 1. The van der Waals surface area contributed by atoms with Crippen LogP contribution in [-0.2, 0) is 0 Å². The first-order chi connectivity index (χ1) is 9.97. The minimum Gasteiger partial charge on any atom is -0.387 e. The summed E-state index contributed by atoms with van der Waals surface area (Å²) in [5.74, 6) is -2.43. The molecule has 1 heterocycles. The van der Waals surface area contributed by atoms with Gasteiger partial charge in [0.2, 0.25) is 0 Å². The van der Waals surface area contributed by atoms with Gasteiger partial charge in [-0.25, -0.2) is 8.78 Å². The lowest BCUT2D eigenvalue weighted by Gasteiger charge is -2.12. The highest BCUT2D eigenvalue weighted by Gasteiger charge is 2.13. The molecule has 21 heavy (non-hydrogen) atoms. The van der Waals surface area contributed by atoms with Gasteiger partial charge >= 0.3 is 0 Å². The van der Waals surface area contributed by atoms with Crippen molar-refractivity contribution < 1.29 is 18.7 Å². The minimum absolute atomic E-state index is 0.113. The van der Waals surface area contributed by atoms with Gasteiger partial charge in [0.25, 0.3) is 5.91 Å². The number of benzene rings is 1. The molecular weight excluding hydrogens is 278 g/mol. The molecule has 0 fully saturated rings. The van der Waals surface area contributed by atoms with Crippen LogP contribution in [0.25, 0.3) is 0 Å². The molecule has 0 aliphatic rings. The van der Waals surface area contributed by atoms with Crippen LogP contribution in [0.3, 0.4) is 0 Å². The number of hydrogen-bond acceptors (Lipinski definition) is 3. The van der Waals surface area contributed by atoms with E-state index in [0.29, 0.717) is 5.56 Å². The van der Waals surface area contributed by atoms with Gasteiger partial charge in [-0.15, -0.1) is 0 Å². The zero-order valence-electron chi connectivity index (χ0n) is 11.3. The normalized spacial score (nSPS) is 12.0. The molecule has 110 valence electrons. The quantitative estimate of drug-likeness (QED) is 0.907. The number of rotatable bonds is 4. The standard InChI is InChI=1S/C15H14F2N2O2/c1-9-2-3-11(7-18-9)15(21)19-8-14(20)10-4-5-12(16)13(17)6-10/h2-7,14,20H,8H2,1H3,(H,19,21)/t14-/m0/s1. The van der Waals surface area contributed by atoms with Gasteiger partial charge in [0.05, 0.1) is 11.7 Å². The lowest BCUT2D eigenvalue weighted by molar-refractivity contribution is 0.0915. The lowest BCUT2D eigenvalue weighted by atomic mass is 10.1. The molecule has 0 aliphatic carbocycles. The van der Waals surface area contributed by atoms with E-state index >= 15 is 0 Å². The molecule has 2 rings (SSSR count). The Bertz CT molecular complexity index is 645. The number of aromatic nitrogens is 1. The van der Waals surface area contributed by atoms with Crippen molar-refractivity contribution in [3.8, 4) is 0 Å². The van der Waals surface area contributed by atoms with Gasteiger partial charge in [-0.2, -0.15) is 0 Å². The van der Waals surface area contributed by atoms with Gasteiger partial charge in [0.1, 0.15) is 0 Å². The van der Waals surface area contributed by atoms with Crippen molar-refractivity contribution in [2.24, 2.45) is 0 Å². The van der Waals surface area contributed by atoms with Crippen LogP contribution in [0.2, 0.25) is 0 Å². The van der Waals surface area contributed by atoms with Gasteiger partial charge < -0.3 is 10.4 Å². The fraction of sp³-hybridized carbons (Fsp3) is 0.200. The number of aliphatic hydroxyl groups is 1. The summed E-state index contributed by atoms with van der Waals surface area (Å²) < 4.78 is 25.9. The summed E-state index contributed by atoms with van der Waals surface area (Å²) in [6, 6.07) is 6.41. The van der Waals surface area contributed by atoms with Crippen LogP contribution >= 0.6 is 0 Å². The topological polar surface area (TPSA) is 62.2 Å². The Morgan fingerprint density at radius 1 is 1.29 bits per heavy atom. The first-order valence-corrected chi connectivity index (χ1v) is 6.31. The Morgan fingerprint density at radius 2 is 2.05 bits per heavy atom. The smallest absolute Gasteiger partial charge is 0.252 e. The highest BCUT2D eigenvalue weighted by molar-refractivity contribution is 5.93. The zero-order valence-corrected chi connectivity index (χ0v) is 11.3. The first kappa shape index (κ1) is 15.1. The van der Waals surface area contributed by atoms with Crippen LogP contribution in [0.4, 0.5) is 8.78 Å². The van der Waals surface area contributed by atoms with Gasteiger partial charge in [-0.05, 0) is 36.8 Å². The Kier molecular flexibility index (Phi) is 4.59. The molecule has 0 spiro atoms. The molecule has 2 aromatic rings. The number of carbonyl (C=O) groups excluding carboxylic acids is 1. The summed E-state index contributed by atoms with van der Waals surface area (Å²) in [5.41, 5.74) is 1.34. The molecular formula is C15H14F2N2O2. The van der Waals surface area contributed by atoms with Crippen molar-refractivity contribution >= 4 is 5.91 Å². The number of aryl methyl sites for hydroxylation is 1. The number of carbonyl (C=O) groups is 1. The molecule has 6 heteroatoms. The van der Waals surface area contributed by atoms with E-state index in [1.165, 1.54) is 12.3 Å². The fourth-order valence-corrected chi connectivity index (χ4v) is 1.73. The summed E-state index contributed by atoms with van der Waals surface area (Å²) in [6.07, 6.45) is 0.302. The van der Waals surface area contributed by atoms with E-state index in [-0.39, 0.29) is 12.1 Å². The van der Waals surface area contributed by atoms with E-state index in [4.69, 9.17) is 0 Å². The molecule has 0 bridgehead atoms. The number of halogens is 2. The fourth-order valence-electron chi connectivity index (χ4n) is 1.73. The van der Waals surface area contributed by atoms with Gasteiger partial charge in [0, 0.05) is 18.4 Å². The minimum atomic E-state index is -1.12. The molecule has 0 saturated heterocycles. The van der Waals surface area contributed by atoms with Crippen molar-refractivity contribution in [2.75, 3.05) is 6.54 Å². The summed E-state index contributed by atoms with van der Waals surface area (Å²) in [7, 11) is 0. The van der Waals surface area contributed by atoms with Crippen molar-refractivity contribution in [2.45, 2.75) is 13.0 Å². The molecule has 1 aromatic carbocycles. The van der Waals surface area contributed by atoms with E-state index in [9.17, 15) is 18.7 Å². The molecule has 0 saturated carbocycles. The van der Waals surface area contributed by atoms with Crippen LogP contribution in [0, 0.1) is 18.6 Å². The van der Waals surface area contributed by atoms with Crippen LogP contribution in [0.5, 0.6) is 0 Å². The monoisotopic (exact) mass is 292 g/mol. The number of hydrogen-bond donors (Lipinski definition) is 2. The van der Waals surface area contributed by atoms with Crippen LogP contribution in [0.1, 0.15) is 27.7 Å². The first-order valence-electron chi connectivity index (χ1n) is 6.31. The third kappa shape index (κ3) is 3.82. The molecule has 0 unspecified atom stereocenters. The van der Waals surface area contributed by atoms with Gasteiger partial charge in [-0.3, -0.25) is 9.78 Å². The largest absolute Gasteiger partial charge is 0.387 e. The summed E-state index contributed by atoms with van der Waals surface area (Å²) >= 11 is 0. The molecule has 4 nitrogen and oxygen atoms in total. The molecule has 1 amide bonds. The maximum atomic E-state index is 13.1.